The van der Waals surface area contributed by atoms with Crippen LogP contribution in [0.3, 0.4) is 0 Å². The Morgan fingerprint density at radius 1 is 1.02 bits per heavy atom. The predicted molar refractivity (Wildman–Crippen MR) is 179 cm³/mol. The molecule has 1 saturated heterocycles. The number of carbonyl (C=O) groups excluding carboxylic acids is 1. The average Bonchev–Trinajstić information content (AvgIpc) is 3.61. The number of carbonyl (C=O) groups is 1. The minimum Gasteiger partial charge on any atom is -0.477 e. The normalized spacial score (nSPS) is 20.7. The van der Waals surface area contributed by atoms with E-state index in [2.05, 4.69) is 64.6 Å². The lowest BCUT2D eigenvalue weighted by Gasteiger charge is -2.34. The lowest BCUT2D eigenvalue weighted by molar-refractivity contribution is 0.0981. The van der Waals surface area contributed by atoms with E-state index in [-0.39, 0.29) is 33.5 Å². The lowest BCUT2D eigenvalue weighted by atomic mass is 9.91. The highest BCUT2D eigenvalue weighted by atomic mass is 32.2. The highest BCUT2D eigenvalue weighted by Crippen LogP contribution is 2.41. The van der Waals surface area contributed by atoms with E-state index in [1.165, 1.54) is 6.07 Å². The minimum atomic E-state index is -4.32. The second-order valence-corrected chi connectivity index (χ2v) is 15.7. The number of sulfonamides is 1. The summed E-state index contributed by atoms with van der Waals surface area (Å²) in [6.07, 6.45) is 6.85. The van der Waals surface area contributed by atoms with Crippen LogP contribution in [0.15, 0.2) is 72.0 Å². The van der Waals surface area contributed by atoms with Crippen molar-refractivity contribution in [3.05, 3.63) is 78.2 Å². The monoisotopic (exact) mass is 658 g/mol. The number of nitrogens with one attached hydrogen (secondary N) is 2. The molecule has 2 aliphatic heterocycles. The van der Waals surface area contributed by atoms with Gasteiger partial charge in [0.25, 0.3) is 15.9 Å². The molecule has 4 aromatic heterocycles. The Balaban J connectivity index is 1.38. The molecule has 248 valence electrons. The van der Waals surface area contributed by atoms with Crippen LogP contribution in [0, 0.1) is 11.3 Å². The topological polar surface area (TPSA) is 144 Å². The standard InChI is InChI=1S/C34H42N8O4S/c1-33(2,3)17-20-46-29-16-19-42(39-29)28-15-13-24-31(38-28)41-22-23(21-34(41,4)5)12-14-26(25-9-6-7-18-35-25)36-27-10-8-11-30(37-27)47(44,45)40-32(24)43/h6-11,13,15-16,18-19,23,26H,12,14,17,20-22H2,1-5H3,(H,36,37)(H,40,43)/t23-,26+/m0/s1. The van der Waals surface area contributed by atoms with Gasteiger partial charge in [-0.3, -0.25) is 9.78 Å². The zero-order valence-electron chi connectivity index (χ0n) is 27.5. The van der Waals surface area contributed by atoms with E-state index in [9.17, 15) is 13.2 Å². The molecule has 12 nitrogen and oxygen atoms in total. The van der Waals surface area contributed by atoms with Crippen LogP contribution < -0.4 is 19.7 Å². The van der Waals surface area contributed by atoms with Gasteiger partial charge in [-0.05, 0) is 87.3 Å². The summed E-state index contributed by atoms with van der Waals surface area (Å²) in [6.45, 7) is 11.9. The van der Waals surface area contributed by atoms with Crippen LogP contribution in [0.1, 0.15) is 82.4 Å². The SMILES string of the molecule is CC(C)(C)CCOc1ccn(-c2ccc3c(n2)N2C[C@@H](CC[C@H](c4ccccn4)Nc4cccc(n4)S(=O)(=O)NC3=O)CC2(C)C)n1. The zero-order valence-corrected chi connectivity index (χ0v) is 28.3. The van der Waals surface area contributed by atoms with Gasteiger partial charge in [0.05, 0.1) is 23.9 Å². The molecule has 47 heavy (non-hydrogen) atoms. The smallest absolute Gasteiger partial charge is 0.281 e. The Morgan fingerprint density at radius 2 is 1.85 bits per heavy atom. The van der Waals surface area contributed by atoms with Crippen LogP contribution in [0.25, 0.3) is 5.82 Å². The summed E-state index contributed by atoms with van der Waals surface area (Å²) in [6, 6.07) is 15.3. The van der Waals surface area contributed by atoms with Crippen LogP contribution >= 0.6 is 0 Å². The summed E-state index contributed by atoms with van der Waals surface area (Å²) in [5.41, 5.74) is 0.754. The molecule has 4 aromatic rings. The van der Waals surface area contributed by atoms with E-state index in [1.54, 1.807) is 47.4 Å². The number of aromatic nitrogens is 5. The first-order valence-corrected chi connectivity index (χ1v) is 17.4. The summed E-state index contributed by atoms with van der Waals surface area (Å²) in [5, 5.41) is 7.70. The average molecular weight is 659 g/mol. The molecule has 2 atom stereocenters. The maximum Gasteiger partial charge on any atom is 0.281 e. The van der Waals surface area contributed by atoms with Crippen molar-refractivity contribution in [2.45, 2.75) is 76.9 Å². The van der Waals surface area contributed by atoms with E-state index in [0.717, 1.165) is 31.4 Å². The molecule has 6 rings (SSSR count). The highest BCUT2D eigenvalue weighted by molar-refractivity contribution is 7.90. The number of hydrogen-bond acceptors (Lipinski definition) is 10. The van der Waals surface area contributed by atoms with Crippen molar-refractivity contribution in [2.75, 3.05) is 23.4 Å². The molecular weight excluding hydrogens is 616 g/mol. The number of amides is 1. The number of rotatable bonds is 5. The molecule has 13 heteroatoms. The largest absolute Gasteiger partial charge is 0.477 e. The van der Waals surface area contributed by atoms with Gasteiger partial charge in [-0.15, -0.1) is 5.10 Å². The molecule has 2 N–H and O–H groups in total. The van der Waals surface area contributed by atoms with E-state index >= 15 is 0 Å². The van der Waals surface area contributed by atoms with Crippen molar-refractivity contribution in [2.24, 2.45) is 11.3 Å². The van der Waals surface area contributed by atoms with Crippen molar-refractivity contribution in [3.8, 4) is 11.7 Å². The van der Waals surface area contributed by atoms with Crippen LogP contribution in [0.4, 0.5) is 11.6 Å². The number of ether oxygens (including phenoxy) is 1. The Morgan fingerprint density at radius 3 is 2.62 bits per heavy atom. The molecule has 4 bridgehead atoms. The fourth-order valence-corrected chi connectivity index (χ4v) is 7.14. The highest BCUT2D eigenvalue weighted by Gasteiger charge is 2.41. The Labute approximate surface area is 276 Å². The van der Waals surface area contributed by atoms with Gasteiger partial charge < -0.3 is 15.0 Å². The molecular formula is C34H42N8O4S. The molecule has 0 unspecified atom stereocenters. The van der Waals surface area contributed by atoms with Gasteiger partial charge in [0.1, 0.15) is 11.6 Å². The summed E-state index contributed by atoms with van der Waals surface area (Å²) in [7, 11) is -4.32. The maximum atomic E-state index is 13.8. The van der Waals surface area contributed by atoms with Crippen molar-refractivity contribution in [1.82, 2.24) is 29.5 Å². The van der Waals surface area contributed by atoms with Crippen molar-refractivity contribution < 1.29 is 17.9 Å². The summed E-state index contributed by atoms with van der Waals surface area (Å²) in [4.78, 5) is 29.8. The van der Waals surface area contributed by atoms with Crippen molar-refractivity contribution >= 4 is 27.6 Å². The molecule has 0 radical (unpaired) electrons. The first-order chi connectivity index (χ1) is 22.3. The molecule has 1 amide bonds. The second kappa shape index (κ2) is 12.6. The molecule has 2 aliphatic rings. The number of hydrogen-bond donors (Lipinski definition) is 2. The predicted octanol–water partition coefficient (Wildman–Crippen LogP) is 5.54. The number of fused-ring (bicyclic) bond motifs is 6. The molecule has 0 aliphatic carbocycles. The lowest BCUT2D eigenvalue weighted by Crippen LogP contribution is -2.41. The number of pyridine rings is 3. The quantitative estimate of drug-likeness (QED) is 0.280. The molecule has 6 heterocycles. The van der Waals surface area contributed by atoms with Gasteiger partial charge in [0, 0.05) is 30.5 Å². The van der Waals surface area contributed by atoms with Crippen LogP contribution in [0.2, 0.25) is 0 Å². The van der Waals surface area contributed by atoms with Crippen LogP contribution in [0.5, 0.6) is 5.88 Å². The van der Waals surface area contributed by atoms with Crippen molar-refractivity contribution in [1.29, 1.82) is 0 Å². The third-order valence-electron chi connectivity index (χ3n) is 8.68. The first kappa shape index (κ1) is 32.4. The minimum absolute atomic E-state index is 0.135. The van der Waals surface area contributed by atoms with Gasteiger partial charge in [-0.25, -0.2) is 19.4 Å². The summed E-state index contributed by atoms with van der Waals surface area (Å²) < 4.78 is 36.7. The van der Waals surface area contributed by atoms with E-state index < -0.39 is 15.9 Å². The molecule has 0 aromatic carbocycles. The third-order valence-corrected chi connectivity index (χ3v) is 9.91. The maximum absolute atomic E-state index is 13.8. The Bertz CT molecular complexity index is 1850. The first-order valence-electron chi connectivity index (χ1n) is 16.0. The second-order valence-electron chi connectivity index (χ2n) is 14.1. The van der Waals surface area contributed by atoms with Gasteiger partial charge >= 0.3 is 0 Å². The zero-order chi connectivity index (χ0) is 33.4. The van der Waals surface area contributed by atoms with Gasteiger partial charge in [-0.2, -0.15) is 8.42 Å². The van der Waals surface area contributed by atoms with Crippen molar-refractivity contribution in [3.63, 3.8) is 0 Å². The van der Waals surface area contributed by atoms with Crippen LogP contribution in [-0.4, -0.2) is 57.7 Å². The number of nitrogens with zero attached hydrogens (tertiary/aromatic N) is 6. The summed E-state index contributed by atoms with van der Waals surface area (Å²) >= 11 is 0. The Hall–Kier alpha value is -4.52. The fourth-order valence-electron chi connectivity index (χ4n) is 6.21. The van der Waals surface area contributed by atoms with Gasteiger partial charge in [-0.1, -0.05) is 32.9 Å². The molecule has 0 saturated carbocycles. The fraction of sp³-hybridized carbons (Fsp3) is 0.441. The summed E-state index contributed by atoms with van der Waals surface area (Å²) in [5.74, 6) is 1.22. The van der Waals surface area contributed by atoms with E-state index in [1.807, 2.05) is 18.2 Å². The van der Waals surface area contributed by atoms with E-state index in [4.69, 9.17) is 9.72 Å². The molecule has 1 fully saturated rings. The number of anilines is 2. The van der Waals surface area contributed by atoms with Gasteiger partial charge in [0.2, 0.25) is 5.88 Å². The van der Waals surface area contributed by atoms with E-state index in [0.29, 0.717) is 36.5 Å². The van der Waals surface area contributed by atoms with Crippen LogP contribution in [-0.2, 0) is 10.0 Å². The third kappa shape index (κ3) is 7.40. The Kier molecular flexibility index (Phi) is 8.68. The van der Waals surface area contributed by atoms with Gasteiger partial charge in [0.15, 0.2) is 10.8 Å². The molecule has 0 spiro atoms.